The number of sulfonamides is 1. The Balaban J connectivity index is 2.11. The molecule has 0 fully saturated rings. The van der Waals surface area contributed by atoms with E-state index in [1.54, 1.807) is 6.92 Å². The van der Waals surface area contributed by atoms with Gasteiger partial charge in [0.15, 0.2) is 0 Å². The van der Waals surface area contributed by atoms with Crippen molar-refractivity contribution in [3.05, 3.63) is 65.7 Å². The van der Waals surface area contributed by atoms with E-state index < -0.39 is 16.0 Å². The van der Waals surface area contributed by atoms with Gasteiger partial charge in [-0.15, -0.1) is 0 Å². The number of benzene rings is 2. The first-order valence-corrected chi connectivity index (χ1v) is 9.81. The predicted molar refractivity (Wildman–Crippen MR) is 100 cm³/mol. The van der Waals surface area contributed by atoms with Gasteiger partial charge in [0, 0.05) is 12.6 Å². The normalized spacial score (nSPS) is 12.8. The number of carbonyl (C=O) groups excluding carboxylic acids is 1. The maximum absolute atomic E-state index is 12.6. The summed E-state index contributed by atoms with van der Waals surface area (Å²) in [4.78, 5) is 13.7. The molecule has 6 nitrogen and oxygen atoms in total. The predicted octanol–water partition coefficient (Wildman–Crippen LogP) is 2.44. The first-order valence-electron chi connectivity index (χ1n) is 8.33. The maximum atomic E-state index is 12.6. The van der Waals surface area contributed by atoms with E-state index in [4.69, 9.17) is 4.74 Å². The molecule has 2 aromatic carbocycles. The molecule has 0 saturated heterocycles. The molecule has 0 spiro atoms. The van der Waals surface area contributed by atoms with E-state index in [9.17, 15) is 13.2 Å². The summed E-state index contributed by atoms with van der Waals surface area (Å²) in [6, 6.07) is 15.3. The first-order chi connectivity index (χ1) is 12.3. The Labute approximate surface area is 154 Å². The smallest absolute Gasteiger partial charge is 0.338 e. The summed E-state index contributed by atoms with van der Waals surface area (Å²) < 4.78 is 32.6. The zero-order chi connectivity index (χ0) is 19.2. The molecule has 1 atom stereocenters. The molecule has 0 saturated carbocycles. The number of rotatable bonds is 8. The number of hydrogen-bond acceptors (Lipinski definition) is 5. The van der Waals surface area contributed by atoms with Crippen LogP contribution in [-0.4, -0.2) is 46.5 Å². The third-order valence-electron chi connectivity index (χ3n) is 3.95. The van der Waals surface area contributed by atoms with Crippen molar-refractivity contribution in [1.82, 2.24) is 9.62 Å². The summed E-state index contributed by atoms with van der Waals surface area (Å²) in [6.45, 7) is 2.22. The Kier molecular flexibility index (Phi) is 6.90. The molecule has 1 N–H and O–H groups in total. The zero-order valence-corrected chi connectivity index (χ0v) is 16.0. The van der Waals surface area contributed by atoms with Crippen LogP contribution in [0.3, 0.4) is 0 Å². The van der Waals surface area contributed by atoms with Crippen molar-refractivity contribution in [1.29, 1.82) is 0 Å². The van der Waals surface area contributed by atoms with Gasteiger partial charge in [0.05, 0.1) is 17.1 Å². The van der Waals surface area contributed by atoms with Gasteiger partial charge in [0.2, 0.25) is 10.0 Å². The van der Waals surface area contributed by atoms with Gasteiger partial charge in [-0.1, -0.05) is 30.3 Å². The van der Waals surface area contributed by atoms with Crippen LogP contribution in [-0.2, 0) is 14.8 Å². The second-order valence-corrected chi connectivity index (χ2v) is 7.75. The van der Waals surface area contributed by atoms with Crippen LogP contribution in [0.15, 0.2) is 59.5 Å². The molecule has 2 rings (SSSR count). The number of esters is 1. The molecule has 7 heteroatoms. The minimum Gasteiger partial charge on any atom is -0.462 e. The second kappa shape index (κ2) is 8.93. The third kappa shape index (κ3) is 5.14. The van der Waals surface area contributed by atoms with Crippen LogP contribution in [0.25, 0.3) is 0 Å². The highest BCUT2D eigenvalue weighted by atomic mass is 32.2. The van der Waals surface area contributed by atoms with Crippen LogP contribution >= 0.6 is 0 Å². The van der Waals surface area contributed by atoms with Gasteiger partial charge in [-0.05, 0) is 50.8 Å². The summed E-state index contributed by atoms with van der Waals surface area (Å²) in [6.07, 6.45) is 0. The average Bonchev–Trinajstić information content (AvgIpc) is 2.63. The summed E-state index contributed by atoms with van der Waals surface area (Å²) >= 11 is 0. The molecule has 0 aromatic heterocycles. The number of likely N-dealkylation sites (N-methyl/N-ethyl adjacent to an activating group) is 1. The molecule has 0 aliphatic carbocycles. The largest absolute Gasteiger partial charge is 0.462 e. The summed E-state index contributed by atoms with van der Waals surface area (Å²) in [7, 11) is 0.125. The summed E-state index contributed by atoms with van der Waals surface area (Å²) in [5.41, 5.74) is 1.35. The molecule has 0 amide bonds. The van der Waals surface area contributed by atoms with Crippen molar-refractivity contribution in [3.8, 4) is 0 Å². The zero-order valence-electron chi connectivity index (χ0n) is 15.2. The van der Waals surface area contributed by atoms with Crippen molar-refractivity contribution in [2.24, 2.45) is 0 Å². The molecule has 140 valence electrons. The van der Waals surface area contributed by atoms with Gasteiger partial charge in [-0.2, -0.15) is 0 Å². The van der Waals surface area contributed by atoms with Crippen LogP contribution < -0.4 is 4.72 Å². The molecule has 0 unspecified atom stereocenters. The lowest BCUT2D eigenvalue weighted by atomic mass is 10.1. The van der Waals surface area contributed by atoms with E-state index in [-0.39, 0.29) is 24.1 Å². The van der Waals surface area contributed by atoms with Crippen molar-refractivity contribution in [2.75, 3.05) is 27.2 Å². The van der Waals surface area contributed by atoms with Gasteiger partial charge >= 0.3 is 5.97 Å². The highest BCUT2D eigenvalue weighted by Gasteiger charge is 2.20. The van der Waals surface area contributed by atoms with Gasteiger partial charge in [-0.3, -0.25) is 0 Å². The number of nitrogens with one attached hydrogen (secondary N) is 1. The van der Waals surface area contributed by atoms with Crippen LogP contribution in [0.5, 0.6) is 0 Å². The fourth-order valence-corrected chi connectivity index (χ4v) is 3.57. The van der Waals surface area contributed by atoms with Crippen LogP contribution in [0.2, 0.25) is 0 Å². The van der Waals surface area contributed by atoms with Crippen molar-refractivity contribution >= 4 is 16.0 Å². The quantitative estimate of drug-likeness (QED) is 0.716. The van der Waals surface area contributed by atoms with Gasteiger partial charge in [0.1, 0.15) is 0 Å². The lowest BCUT2D eigenvalue weighted by Crippen LogP contribution is -2.34. The Bertz CT molecular complexity index is 818. The van der Waals surface area contributed by atoms with Crippen molar-refractivity contribution < 1.29 is 17.9 Å². The number of hydrogen-bond donors (Lipinski definition) is 1. The number of carbonyl (C=O) groups is 1. The monoisotopic (exact) mass is 376 g/mol. The Morgan fingerprint density at radius 3 is 2.23 bits per heavy atom. The molecule has 0 heterocycles. The minimum absolute atomic E-state index is 0.0928. The fraction of sp³-hybridized carbons (Fsp3) is 0.316. The molecule has 0 bridgehead atoms. The lowest BCUT2D eigenvalue weighted by Gasteiger charge is -2.25. The summed E-state index contributed by atoms with van der Waals surface area (Å²) in [5.74, 6) is -0.471. The van der Waals surface area contributed by atoms with E-state index in [0.717, 1.165) is 5.56 Å². The molecule has 0 radical (unpaired) electrons. The van der Waals surface area contributed by atoms with E-state index in [2.05, 4.69) is 4.72 Å². The van der Waals surface area contributed by atoms with Crippen LogP contribution in [0.1, 0.15) is 28.9 Å². The van der Waals surface area contributed by atoms with Crippen LogP contribution in [0.4, 0.5) is 0 Å². The second-order valence-electron chi connectivity index (χ2n) is 5.99. The average molecular weight is 376 g/mol. The van der Waals surface area contributed by atoms with Crippen molar-refractivity contribution in [2.45, 2.75) is 17.9 Å². The SMILES string of the molecule is CCOC(=O)c1ccc(S(=O)(=O)NC[C@H](c2ccccc2)N(C)C)cc1. The molecular formula is C19H24N2O4S. The van der Waals surface area contributed by atoms with Gasteiger partial charge < -0.3 is 9.64 Å². The number of ether oxygens (including phenoxy) is 1. The first kappa shape index (κ1) is 20.1. The highest BCUT2D eigenvalue weighted by molar-refractivity contribution is 7.89. The Morgan fingerprint density at radius 1 is 1.08 bits per heavy atom. The molecule has 0 aliphatic heterocycles. The minimum atomic E-state index is -3.68. The Morgan fingerprint density at radius 2 is 1.69 bits per heavy atom. The van der Waals surface area contributed by atoms with Crippen LogP contribution in [0, 0.1) is 0 Å². The fourth-order valence-electron chi connectivity index (χ4n) is 2.53. The third-order valence-corrected chi connectivity index (χ3v) is 5.39. The summed E-state index contributed by atoms with van der Waals surface area (Å²) in [5, 5.41) is 0. The highest BCUT2D eigenvalue weighted by Crippen LogP contribution is 2.18. The van der Waals surface area contributed by atoms with Gasteiger partial charge in [0.25, 0.3) is 0 Å². The van der Waals surface area contributed by atoms with Gasteiger partial charge in [-0.25, -0.2) is 17.9 Å². The molecule has 0 aliphatic rings. The molecular weight excluding hydrogens is 352 g/mol. The van der Waals surface area contributed by atoms with E-state index in [1.807, 2.05) is 49.3 Å². The van der Waals surface area contributed by atoms with E-state index in [0.29, 0.717) is 5.56 Å². The Hall–Kier alpha value is -2.22. The standard InChI is InChI=1S/C19H24N2O4S/c1-4-25-19(22)16-10-12-17(13-11-16)26(23,24)20-14-18(21(2)3)15-8-6-5-7-9-15/h5-13,18,20H,4,14H2,1-3H3/t18-/m1/s1. The van der Waals surface area contributed by atoms with Crippen molar-refractivity contribution in [3.63, 3.8) is 0 Å². The topological polar surface area (TPSA) is 75.7 Å². The van der Waals surface area contributed by atoms with E-state index >= 15 is 0 Å². The molecule has 2 aromatic rings. The molecule has 26 heavy (non-hydrogen) atoms. The maximum Gasteiger partial charge on any atom is 0.338 e. The lowest BCUT2D eigenvalue weighted by molar-refractivity contribution is 0.0526. The number of nitrogens with zero attached hydrogens (tertiary/aromatic N) is 1. The van der Waals surface area contributed by atoms with E-state index in [1.165, 1.54) is 24.3 Å².